The van der Waals surface area contributed by atoms with E-state index in [-0.39, 0.29) is 12.8 Å². The van der Waals surface area contributed by atoms with Gasteiger partial charge in [-0.1, -0.05) is 0 Å². The van der Waals surface area contributed by atoms with E-state index in [9.17, 15) is 28.8 Å². The summed E-state index contributed by atoms with van der Waals surface area (Å²) in [5, 5.41) is 23.6. The number of nitrogens with two attached hydrogens (primary N) is 2. The van der Waals surface area contributed by atoms with Crippen molar-refractivity contribution in [2.24, 2.45) is 11.5 Å². The number of aliphatic carboxylic acids is 2. The van der Waals surface area contributed by atoms with Crippen LogP contribution in [0.1, 0.15) is 19.3 Å². The van der Waals surface area contributed by atoms with Crippen molar-refractivity contribution in [2.75, 3.05) is 13.1 Å². The van der Waals surface area contributed by atoms with E-state index < -0.39 is 67.2 Å². The minimum absolute atomic E-state index is 0.109. The van der Waals surface area contributed by atoms with Crippen LogP contribution in [0.3, 0.4) is 0 Å². The van der Waals surface area contributed by atoms with Crippen molar-refractivity contribution in [3.63, 3.8) is 0 Å². The Kier molecular flexibility index (Phi) is 9.95. The fraction of sp³-hybridized carbons (Fsp3) is 0.538. The van der Waals surface area contributed by atoms with Crippen LogP contribution in [0, 0.1) is 0 Å². The van der Waals surface area contributed by atoms with Gasteiger partial charge in [-0.25, -0.2) is 4.79 Å². The van der Waals surface area contributed by atoms with Crippen LogP contribution in [0.15, 0.2) is 0 Å². The highest BCUT2D eigenvalue weighted by atomic mass is 16.4. The Morgan fingerprint density at radius 3 is 2.00 bits per heavy atom. The number of rotatable bonds is 12. The van der Waals surface area contributed by atoms with Gasteiger partial charge in [0.2, 0.25) is 23.6 Å². The van der Waals surface area contributed by atoms with E-state index in [1.807, 2.05) is 5.32 Å². The lowest BCUT2D eigenvalue weighted by Gasteiger charge is -2.14. The topological polar surface area (TPSA) is 231 Å². The molecule has 13 heteroatoms. The Hall–Kier alpha value is -3.22. The predicted molar refractivity (Wildman–Crippen MR) is 84.2 cm³/mol. The Balaban J connectivity index is 4.19. The van der Waals surface area contributed by atoms with Gasteiger partial charge in [-0.2, -0.15) is 0 Å². The Morgan fingerprint density at radius 2 is 1.50 bits per heavy atom. The molecular weight excluding hydrogens is 354 g/mol. The SMILES string of the molecule is NC(=O)CC(NC(=O)CNC(=O)CNC(=O)C(N)CCC(=O)O)C(=O)O. The quantitative estimate of drug-likeness (QED) is 0.175. The molecule has 146 valence electrons. The van der Waals surface area contributed by atoms with E-state index in [0.29, 0.717) is 0 Å². The molecule has 0 aromatic heterocycles. The first-order chi connectivity index (χ1) is 12.0. The molecule has 0 fully saturated rings. The van der Waals surface area contributed by atoms with Crippen LogP contribution in [0.25, 0.3) is 0 Å². The van der Waals surface area contributed by atoms with E-state index in [2.05, 4.69) is 10.6 Å². The normalized spacial score (nSPS) is 12.3. The molecule has 0 spiro atoms. The number of carbonyl (C=O) groups excluding carboxylic acids is 4. The van der Waals surface area contributed by atoms with Crippen molar-refractivity contribution in [3.8, 4) is 0 Å². The number of carboxylic acid groups (broad SMARTS) is 2. The van der Waals surface area contributed by atoms with Crippen LogP contribution < -0.4 is 27.4 Å². The molecule has 0 aliphatic rings. The van der Waals surface area contributed by atoms with Crippen molar-refractivity contribution in [1.29, 1.82) is 0 Å². The maximum absolute atomic E-state index is 11.5. The Morgan fingerprint density at radius 1 is 0.923 bits per heavy atom. The smallest absolute Gasteiger partial charge is 0.326 e. The number of hydrogen-bond acceptors (Lipinski definition) is 7. The van der Waals surface area contributed by atoms with E-state index in [4.69, 9.17) is 21.7 Å². The van der Waals surface area contributed by atoms with Gasteiger partial charge in [-0.15, -0.1) is 0 Å². The molecule has 13 nitrogen and oxygen atoms in total. The first kappa shape index (κ1) is 22.8. The van der Waals surface area contributed by atoms with Gasteiger partial charge in [0.1, 0.15) is 6.04 Å². The number of carboxylic acids is 2. The third kappa shape index (κ3) is 10.5. The summed E-state index contributed by atoms with van der Waals surface area (Å²) in [6, 6.07) is -2.63. The van der Waals surface area contributed by atoms with Crippen molar-refractivity contribution >= 4 is 35.6 Å². The summed E-state index contributed by atoms with van der Waals surface area (Å²) in [6.07, 6.45) is -1.03. The van der Waals surface area contributed by atoms with Gasteiger partial charge in [0, 0.05) is 6.42 Å². The summed E-state index contributed by atoms with van der Waals surface area (Å²) in [5.41, 5.74) is 10.3. The van der Waals surface area contributed by atoms with E-state index in [0.717, 1.165) is 0 Å². The zero-order valence-corrected chi connectivity index (χ0v) is 13.7. The van der Waals surface area contributed by atoms with Crippen molar-refractivity contribution in [1.82, 2.24) is 16.0 Å². The lowest BCUT2D eigenvalue weighted by molar-refractivity contribution is -0.143. The summed E-state index contributed by atoms with van der Waals surface area (Å²) in [7, 11) is 0. The maximum Gasteiger partial charge on any atom is 0.326 e. The largest absolute Gasteiger partial charge is 0.481 e. The van der Waals surface area contributed by atoms with Crippen LogP contribution in [-0.4, -0.2) is 71.0 Å². The summed E-state index contributed by atoms with van der Waals surface area (Å²) in [4.78, 5) is 66.5. The second kappa shape index (κ2) is 11.4. The monoisotopic (exact) mass is 375 g/mol. The summed E-state index contributed by atoms with van der Waals surface area (Å²) in [6.45, 7) is -1.11. The van der Waals surface area contributed by atoms with Gasteiger partial charge in [-0.05, 0) is 6.42 Å². The van der Waals surface area contributed by atoms with Crippen LogP contribution in [-0.2, 0) is 28.8 Å². The molecule has 0 saturated heterocycles. The van der Waals surface area contributed by atoms with E-state index in [1.165, 1.54) is 0 Å². The third-order valence-corrected chi connectivity index (χ3v) is 2.91. The zero-order chi connectivity index (χ0) is 20.3. The van der Waals surface area contributed by atoms with Gasteiger partial charge < -0.3 is 37.6 Å². The molecule has 0 aromatic rings. The minimum atomic E-state index is -1.52. The number of nitrogens with one attached hydrogen (secondary N) is 3. The third-order valence-electron chi connectivity index (χ3n) is 2.91. The molecule has 9 N–H and O–H groups in total. The molecule has 26 heavy (non-hydrogen) atoms. The molecule has 2 unspecified atom stereocenters. The molecule has 0 heterocycles. The summed E-state index contributed by atoms with van der Waals surface area (Å²) in [5.74, 6) is -5.89. The van der Waals surface area contributed by atoms with Crippen LogP contribution >= 0.6 is 0 Å². The number of primary amides is 1. The molecule has 0 aromatic carbocycles. The van der Waals surface area contributed by atoms with Crippen molar-refractivity contribution in [2.45, 2.75) is 31.3 Å². The molecule has 0 aliphatic heterocycles. The number of hydrogen-bond donors (Lipinski definition) is 7. The van der Waals surface area contributed by atoms with Crippen LogP contribution in [0.5, 0.6) is 0 Å². The molecule has 0 bridgehead atoms. The highest BCUT2D eigenvalue weighted by molar-refractivity contribution is 5.92. The van der Waals surface area contributed by atoms with Gasteiger partial charge >= 0.3 is 11.9 Å². The van der Waals surface area contributed by atoms with E-state index >= 15 is 0 Å². The Labute approximate surface area is 147 Å². The maximum atomic E-state index is 11.5. The fourth-order valence-electron chi connectivity index (χ4n) is 1.60. The lowest BCUT2D eigenvalue weighted by Crippen LogP contribution is -2.49. The molecule has 0 saturated carbocycles. The predicted octanol–water partition coefficient (Wildman–Crippen LogP) is -4.14. The second-order valence-corrected chi connectivity index (χ2v) is 5.16. The average Bonchev–Trinajstić information content (AvgIpc) is 2.54. The van der Waals surface area contributed by atoms with Gasteiger partial charge in [0.25, 0.3) is 0 Å². The standard InChI is InChI=1S/C13H21N5O8/c14-6(1-2-11(22)23)12(24)17-4-9(20)16-5-10(21)18-7(13(25)26)3-8(15)19/h6-7H,1-5,14H2,(H2,15,19)(H,16,20)(H,17,24)(H,18,21)(H,22,23)(H,25,26). The summed E-state index contributed by atoms with van der Waals surface area (Å²) < 4.78 is 0. The minimum Gasteiger partial charge on any atom is -0.481 e. The molecule has 0 aliphatic carbocycles. The van der Waals surface area contributed by atoms with Gasteiger partial charge in [-0.3, -0.25) is 24.0 Å². The second-order valence-electron chi connectivity index (χ2n) is 5.16. The highest BCUT2D eigenvalue weighted by Gasteiger charge is 2.22. The molecule has 4 amide bonds. The molecular formula is C13H21N5O8. The highest BCUT2D eigenvalue weighted by Crippen LogP contribution is 1.94. The lowest BCUT2D eigenvalue weighted by atomic mass is 10.1. The Bertz CT molecular complexity index is 579. The van der Waals surface area contributed by atoms with Crippen molar-refractivity contribution in [3.05, 3.63) is 0 Å². The average molecular weight is 375 g/mol. The molecule has 0 radical (unpaired) electrons. The molecule has 0 rings (SSSR count). The first-order valence-electron chi connectivity index (χ1n) is 7.35. The number of carbonyl (C=O) groups is 6. The van der Waals surface area contributed by atoms with Gasteiger partial charge in [0.05, 0.1) is 25.6 Å². The number of amides is 4. The van der Waals surface area contributed by atoms with E-state index in [1.54, 1.807) is 0 Å². The van der Waals surface area contributed by atoms with Crippen molar-refractivity contribution < 1.29 is 39.0 Å². The first-order valence-corrected chi connectivity index (χ1v) is 7.35. The fourth-order valence-corrected chi connectivity index (χ4v) is 1.60. The molecule has 2 atom stereocenters. The zero-order valence-electron chi connectivity index (χ0n) is 13.7. The van der Waals surface area contributed by atoms with Crippen LogP contribution in [0.4, 0.5) is 0 Å². The summed E-state index contributed by atoms with van der Waals surface area (Å²) >= 11 is 0. The van der Waals surface area contributed by atoms with Crippen LogP contribution in [0.2, 0.25) is 0 Å². The van der Waals surface area contributed by atoms with Gasteiger partial charge in [0.15, 0.2) is 0 Å².